The number of aliphatic hydroxyl groups excluding tert-OH is 1. The zero-order valence-electron chi connectivity index (χ0n) is 11.6. The zero-order valence-corrected chi connectivity index (χ0v) is 13.2. The molecule has 5 nitrogen and oxygen atoms in total. The Morgan fingerprint density at radius 1 is 1.36 bits per heavy atom. The number of halogens is 2. The van der Waals surface area contributed by atoms with Gasteiger partial charge >= 0.3 is 0 Å². The van der Waals surface area contributed by atoms with Crippen molar-refractivity contribution in [3.05, 3.63) is 58.6 Å². The first-order valence-electron chi connectivity index (χ1n) is 6.78. The highest BCUT2D eigenvalue weighted by Crippen LogP contribution is 2.17. The van der Waals surface area contributed by atoms with Crippen molar-refractivity contribution in [2.45, 2.75) is 12.5 Å². The molecule has 1 unspecified atom stereocenters. The molecule has 0 aliphatic carbocycles. The minimum atomic E-state index is -0.631. The van der Waals surface area contributed by atoms with Gasteiger partial charge in [-0.15, -0.1) is 0 Å². The van der Waals surface area contributed by atoms with Crippen molar-refractivity contribution >= 4 is 27.4 Å². The van der Waals surface area contributed by atoms with E-state index in [9.17, 15) is 9.50 Å². The van der Waals surface area contributed by atoms with Crippen molar-refractivity contribution in [3.8, 4) is 0 Å². The van der Waals surface area contributed by atoms with Gasteiger partial charge < -0.3 is 10.4 Å². The van der Waals surface area contributed by atoms with Crippen LogP contribution in [-0.4, -0.2) is 32.4 Å². The minimum Gasteiger partial charge on any atom is -0.391 e. The van der Waals surface area contributed by atoms with Crippen LogP contribution in [0.3, 0.4) is 0 Å². The monoisotopic (exact) mass is 364 g/mol. The van der Waals surface area contributed by atoms with Gasteiger partial charge in [0.1, 0.15) is 11.6 Å². The number of aromatic nitrogens is 3. The molecule has 0 radical (unpaired) electrons. The van der Waals surface area contributed by atoms with Crippen LogP contribution in [0.4, 0.5) is 10.2 Å². The fourth-order valence-electron chi connectivity index (χ4n) is 2.17. The van der Waals surface area contributed by atoms with Gasteiger partial charge in [-0.1, -0.05) is 12.1 Å². The molecule has 3 aromatic rings. The van der Waals surface area contributed by atoms with E-state index < -0.39 is 6.10 Å². The van der Waals surface area contributed by atoms with Crippen LogP contribution in [-0.2, 0) is 6.42 Å². The van der Waals surface area contributed by atoms with E-state index in [4.69, 9.17) is 0 Å². The maximum absolute atomic E-state index is 13.1. The third-order valence-electron chi connectivity index (χ3n) is 3.21. The smallest absolute Gasteiger partial charge is 0.171 e. The first-order valence-corrected chi connectivity index (χ1v) is 7.57. The van der Waals surface area contributed by atoms with Gasteiger partial charge in [0.15, 0.2) is 5.65 Å². The molecule has 114 valence electrons. The second-order valence-corrected chi connectivity index (χ2v) is 5.80. The number of nitrogens with zero attached hydrogens (tertiary/aromatic N) is 3. The lowest BCUT2D eigenvalue weighted by Gasteiger charge is -2.12. The van der Waals surface area contributed by atoms with Gasteiger partial charge in [0.2, 0.25) is 0 Å². The van der Waals surface area contributed by atoms with Gasteiger partial charge in [-0.3, -0.25) is 0 Å². The number of aliphatic hydroxyl groups is 1. The summed E-state index contributed by atoms with van der Waals surface area (Å²) in [5.41, 5.74) is 1.46. The van der Waals surface area contributed by atoms with Crippen LogP contribution in [0.5, 0.6) is 0 Å². The molecular formula is C15H14BrFN4O. The molecule has 0 aliphatic rings. The Labute approximate surface area is 134 Å². The van der Waals surface area contributed by atoms with Gasteiger partial charge in [0, 0.05) is 19.2 Å². The number of rotatable bonds is 5. The molecule has 0 amide bonds. The lowest BCUT2D eigenvalue weighted by atomic mass is 10.1. The zero-order chi connectivity index (χ0) is 15.5. The van der Waals surface area contributed by atoms with Gasteiger partial charge in [-0.25, -0.2) is 13.9 Å². The fourth-order valence-corrected chi connectivity index (χ4v) is 2.53. The van der Waals surface area contributed by atoms with Crippen molar-refractivity contribution in [2.24, 2.45) is 0 Å². The van der Waals surface area contributed by atoms with E-state index in [0.717, 1.165) is 10.0 Å². The summed E-state index contributed by atoms with van der Waals surface area (Å²) in [6.07, 6.45) is 3.20. The summed E-state index contributed by atoms with van der Waals surface area (Å²) in [6, 6.07) is 8.02. The summed E-state index contributed by atoms with van der Waals surface area (Å²) in [5, 5.41) is 17.2. The summed E-state index contributed by atoms with van der Waals surface area (Å²) in [5.74, 6) is 0.349. The van der Waals surface area contributed by atoms with Crippen LogP contribution < -0.4 is 5.32 Å². The van der Waals surface area contributed by atoms with E-state index in [1.54, 1.807) is 35.1 Å². The second kappa shape index (κ2) is 6.41. The van der Waals surface area contributed by atoms with Gasteiger partial charge in [-0.2, -0.15) is 5.10 Å². The molecule has 3 rings (SSSR count). The summed E-state index contributed by atoms with van der Waals surface area (Å²) >= 11 is 3.37. The lowest BCUT2D eigenvalue weighted by Crippen LogP contribution is -2.22. The summed E-state index contributed by atoms with van der Waals surface area (Å²) in [6.45, 7) is 0.325. The third kappa shape index (κ3) is 3.42. The fraction of sp³-hybridized carbons (Fsp3) is 0.200. The molecule has 22 heavy (non-hydrogen) atoms. The van der Waals surface area contributed by atoms with Crippen molar-refractivity contribution in [1.82, 2.24) is 14.6 Å². The summed E-state index contributed by atoms with van der Waals surface area (Å²) < 4.78 is 15.6. The maximum Gasteiger partial charge on any atom is 0.171 e. The highest BCUT2D eigenvalue weighted by molar-refractivity contribution is 9.10. The van der Waals surface area contributed by atoms with Gasteiger partial charge in [0.05, 0.1) is 16.8 Å². The lowest BCUT2D eigenvalue weighted by molar-refractivity contribution is 0.188. The molecule has 7 heteroatoms. The topological polar surface area (TPSA) is 62.5 Å². The van der Waals surface area contributed by atoms with Crippen molar-refractivity contribution < 1.29 is 9.50 Å². The minimum absolute atomic E-state index is 0.296. The number of benzene rings is 1. The number of nitrogens with one attached hydrogen (secondary N) is 1. The number of hydrogen-bond donors (Lipinski definition) is 2. The number of fused-ring (bicyclic) bond motifs is 1. The van der Waals surface area contributed by atoms with E-state index in [1.807, 2.05) is 0 Å². The van der Waals surface area contributed by atoms with E-state index >= 15 is 0 Å². The molecule has 0 fully saturated rings. The Balaban J connectivity index is 1.62. The average Bonchev–Trinajstić information content (AvgIpc) is 2.86. The number of anilines is 1. The van der Waals surface area contributed by atoms with E-state index in [-0.39, 0.29) is 5.82 Å². The maximum atomic E-state index is 13.1. The molecule has 0 saturated heterocycles. The normalized spacial score (nSPS) is 12.5. The van der Waals surface area contributed by atoms with E-state index in [1.165, 1.54) is 12.1 Å². The molecule has 2 N–H and O–H groups in total. The van der Waals surface area contributed by atoms with Crippen molar-refractivity contribution in [2.75, 3.05) is 11.9 Å². The average molecular weight is 365 g/mol. The van der Waals surface area contributed by atoms with Crippen LogP contribution in [0.1, 0.15) is 5.56 Å². The number of hydrogen-bond acceptors (Lipinski definition) is 4. The first kappa shape index (κ1) is 14.9. The summed E-state index contributed by atoms with van der Waals surface area (Å²) in [7, 11) is 0. The Kier molecular flexibility index (Phi) is 4.35. The third-order valence-corrected chi connectivity index (χ3v) is 3.76. The standard InChI is InChI=1S/C15H14BrFN4O/c16-13-9-19-21-5-4-14(20-15(13)21)18-8-12(22)7-10-2-1-3-11(17)6-10/h1-6,9,12,22H,7-8H2,(H,18,20). The van der Waals surface area contributed by atoms with Gasteiger partial charge in [-0.05, 0) is 39.7 Å². The predicted molar refractivity (Wildman–Crippen MR) is 85.3 cm³/mol. The van der Waals surface area contributed by atoms with Crippen LogP contribution in [0.15, 0.2) is 47.2 Å². The quantitative estimate of drug-likeness (QED) is 0.730. The molecule has 0 spiro atoms. The molecule has 0 bridgehead atoms. The van der Waals surface area contributed by atoms with Crippen molar-refractivity contribution in [3.63, 3.8) is 0 Å². The van der Waals surface area contributed by atoms with E-state index in [0.29, 0.717) is 24.4 Å². The van der Waals surface area contributed by atoms with Crippen LogP contribution in [0.2, 0.25) is 0 Å². The van der Waals surface area contributed by atoms with Crippen LogP contribution in [0.25, 0.3) is 5.65 Å². The second-order valence-electron chi connectivity index (χ2n) is 4.94. The molecule has 0 saturated carbocycles. The molecule has 2 heterocycles. The van der Waals surface area contributed by atoms with E-state index in [2.05, 4.69) is 31.3 Å². The summed E-state index contributed by atoms with van der Waals surface area (Å²) in [4.78, 5) is 4.40. The SMILES string of the molecule is OC(CNc1ccn2ncc(Br)c2n1)Cc1cccc(F)c1. The molecule has 0 aliphatic heterocycles. The van der Waals surface area contributed by atoms with Crippen molar-refractivity contribution in [1.29, 1.82) is 0 Å². The Morgan fingerprint density at radius 2 is 2.23 bits per heavy atom. The Hall–Kier alpha value is -1.99. The highest BCUT2D eigenvalue weighted by Gasteiger charge is 2.08. The Morgan fingerprint density at radius 3 is 3.05 bits per heavy atom. The first-order chi connectivity index (χ1) is 10.6. The largest absolute Gasteiger partial charge is 0.391 e. The molecular weight excluding hydrogens is 351 g/mol. The molecule has 1 atom stereocenters. The molecule has 2 aromatic heterocycles. The molecule has 1 aromatic carbocycles. The van der Waals surface area contributed by atoms with Crippen LogP contribution >= 0.6 is 15.9 Å². The highest BCUT2D eigenvalue weighted by atomic mass is 79.9. The van der Waals surface area contributed by atoms with Crippen LogP contribution in [0, 0.1) is 5.82 Å². The Bertz CT molecular complexity index is 792. The predicted octanol–water partition coefficient (Wildman–Crippen LogP) is 2.65. The van der Waals surface area contributed by atoms with Gasteiger partial charge in [0.25, 0.3) is 0 Å².